The van der Waals surface area contributed by atoms with Gasteiger partial charge in [0, 0.05) is 34.5 Å². The van der Waals surface area contributed by atoms with E-state index in [-0.39, 0.29) is 11.8 Å². The second-order valence-electron chi connectivity index (χ2n) is 7.29. The lowest BCUT2D eigenvalue weighted by atomic mass is 10.0. The summed E-state index contributed by atoms with van der Waals surface area (Å²) in [6.07, 6.45) is 5.04. The maximum absolute atomic E-state index is 13.7. The summed E-state index contributed by atoms with van der Waals surface area (Å²) in [5, 5.41) is 4.23. The van der Waals surface area contributed by atoms with Gasteiger partial charge in [0.1, 0.15) is 17.5 Å². The summed E-state index contributed by atoms with van der Waals surface area (Å²) >= 11 is 0. The van der Waals surface area contributed by atoms with Crippen LogP contribution in [0.5, 0.6) is 0 Å². The van der Waals surface area contributed by atoms with Gasteiger partial charge >= 0.3 is 0 Å². The smallest absolute Gasteiger partial charge is 0.221 e. The molecule has 0 aliphatic heterocycles. The highest BCUT2D eigenvalue weighted by molar-refractivity contribution is 5.83. The third kappa shape index (κ3) is 3.43. The van der Waals surface area contributed by atoms with Crippen LogP contribution < -0.4 is 11.1 Å². The van der Waals surface area contributed by atoms with Crippen molar-refractivity contribution in [3.63, 3.8) is 0 Å². The number of aromatic amines is 2. The lowest BCUT2D eigenvalue weighted by Crippen LogP contribution is -2.05. The Morgan fingerprint density at radius 2 is 1.87 bits per heavy atom. The molecule has 5 aromatic rings. The third-order valence-electron chi connectivity index (χ3n) is 5.14. The maximum atomic E-state index is 13.7. The van der Waals surface area contributed by atoms with E-state index < -0.39 is 0 Å². The zero-order chi connectivity index (χ0) is 20.7. The molecule has 5 rings (SSSR count). The molecule has 0 atom stereocenters. The molecule has 0 bridgehead atoms. The van der Waals surface area contributed by atoms with Crippen molar-refractivity contribution in [1.82, 2.24) is 24.9 Å². The number of nitrogens with two attached hydrogens (primary N) is 1. The number of anilines is 3. The number of H-pyrrole nitrogens is 2. The summed E-state index contributed by atoms with van der Waals surface area (Å²) in [5.41, 5.74) is 11.4. The van der Waals surface area contributed by atoms with E-state index in [1.807, 2.05) is 31.3 Å². The number of aryl methyl sites for hydroxylation is 3. The molecule has 0 saturated carbocycles. The fourth-order valence-electron chi connectivity index (χ4n) is 3.69. The van der Waals surface area contributed by atoms with E-state index in [1.165, 1.54) is 6.07 Å². The van der Waals surface area contributed by atoms with E-state index >= 15 is 0 Å². The summed E-state index contributed by atoms with van der Waals surface area (Å²) in [5.74, 6) is 1.47. The van der Waals surface area contributed by atoms with Crippen molar-refractivity contribution in [3.8, 4) is 0 Å². The Morgan fingerprint density at radius 3 is 2.77 bits per heavy atom. The zero-order valence-corrected chi connectivity index (χ0v) is 16.3. The number of nitrogen functional groups attached to an aromatic ring is 1. The minimum absolute atomic E-state index is 0.201. The SMILES string of the molecule is Cc1nc2cc(Nc3nc(N)ncc3CCc3c[nH]c4ccc(F)cc34)ccc2[nH]1. The van der Waals surface area contributed by atoms with Crippen LogP contribution in [0.25, 0.3) is 21.9 Å². The van der Waals surface area contributed by atoms with Gasteiger partial charge in [-0.2, -0.15) is 4.98 Å². The van der Waals surface area contributed by atoms with E-state index in [0.29, 0.717) is 18.7 Å². The second kappa shape index (κ2) is 7.14. The average molecular weight is 401 g/mol. The summed E-state index contributed by atoms with van der Waals surface area (Å²) in [7, 11) is 0. The minimum atomic E-state index is -0.245. The van der Waals surface area contributed by atoms with Crippen molar-refractivity contribution in [2.45, 2.75) is 19.8 Å². The van der Waals surface area contributed by atoms with Crippen molar-refractivity contribution >= 4 is 39.4 Å². The lowest BCUT2D eigenvalue weighted by molar-refractivity contribution is 0.629. The number of aromatic nitrogens is 5. The van der Waals surface area contributed by atoms with Gasteiger partial charge in [-0.1, -0.05) is 0 Å². The van der Waals surface area contributed by atoms with Crippen molar-refractivity contribution in [3.05, 3.63) is 71.6 Å². The number of nitrogens with zero attached hydrogens (tertiary/aromatic N) is 3. The Kier molecular flexibility index (Phi) is 4.31. The van der Waals surface area contributed by atoms with Gasteiger partial charge in [-0.25, -0.2) is 14.4 Å². The summed E-state index contributed by atoms with van der Waals surface area (Å²) in [6, 6.07) is 10.7. The van der Waals surface area contributed by atoms with Gasteiger partial charge < -0.3 is 21.0 Å². The molecular weight excluding hydrogens is 381 g/mol. The molecule has 0 amide bonds. The van der Waals surface area contributed by atoms with Crippen LogP contribution in [0.4, 0.5) is 21.8 Å². The topological polar surface area (TPSA) is 108 Å². The first kappa shape index (κ1) is 18.1. The molecule has 0 radical (unpaired) electrons. The monoisotopic (exact) mass is 401 g/mol. The summed E-state index contributed by atoms with van der Waals surface area (Å²) < 4.78 is 13.7. The molecule has 7 nitrogen and oxygen atoms in total. The van der Waals surface area contributed by atoms with Crippen molar-refractivity contribution in [1.29, 1.82) is 0 Å². The Bertz CT molecular complexity index is 1370. The Labute approximate surface area is 171 Å². The van der Waals surface area contributed by atoms with E-state index in [2.05, 4.69) is 30.2 Å². The van der Waals surface area contributed by atoms with Gasteiger partial charge in [-0.05, 0) is 61.7 Å². The van der Waals surface area contributed by atoms with Gasteiger partial charge in [0.15, 0.2) is 0 Å². The fraction of sp³-hybridized carbons (Fsp3) is 0.136. The Hall–Kier alpha value is -3.94. The number of benzene rings is 2. The molecule has 3 heterocycles. The van der Waals surface area contributed by atoms with E-state index in [9.17, 15) is 4.39 Å². The standard InChI is InChI=1S/C22H20FN7/c1-12-27-19-7-5-16(9-20(19)28-12)29-21-14(11-26-22(24)30-21)3-2-13-10-25-18-6-4-15(23)8-17(13)18/h4-11,25H,2-3H2,1H3,(H,27,28)(H3,24,26,29,30). The molecule has 3 aromatic heterocycles. The highest BCUT2D eigenvalue weighted by atomic mass is 19.1. The largest absolute Gasteiger partial charge is 0.368 e. The molecule has 150 valence electrons. The average Bonchev–Trinajstić information content (AvgIpc) is 3.29. The first-order chi connectivity index (χ1) is 14.5. The highest BCUT2D eigenvalue weighted by Gasteiger charge is 2.11. The predicted molar refractivity (Wildman–Crippen MR) is 116 cm³/mol. The number of rotatable bonds is 5. The molecule has 0 fully saturated rings. The molecule has 30 heavy (non-hydrogen) atoms. The molecule has 8 heteroatoms. The molecular formula is C22H20FN7. The number of hydrogen-bond acceptors (Lipinski definition) is 5. The maximum Gasteiger partial charge on any atom is 0.221 e. The number of halogens is 1. The van der Waals surface area contributed by atoms with Crippen molar-refractivity contribution in [2.75, 3.05) is 11.1 Å². The first-order valence-electron chi connectivity index (χ1n) is 9.65. The van der Waals surface area contributed by atoms with Crippen LogP contribution in [-0.4, -0.2) is 24.9 Å². The summed E-state index contributed by atoms with van der Waals surface area (Å²) in [4.78, 5) is 19.4. The molecule has 5 N–H and O–H groups in total. The molecule has 0 spiro atoms. The highest BCUT2D eigenvalue weighted by Crippen LogP contribution is 2.25. The van der Waals surface area contributed by atoms with Gasteiger partial charge in [0.25, 0.3) is 0 Å². The van der Waals surface area contributed by atoms with Crippen molar-refractivity contribution < 1.29 is 4.39 Å². The summed E-state index contributed by atoms with van der Waals surface area (Å²) in [6.45, 7) is 1.92. The van der Waals surface area contributed by atoms with Crippen LogP contribution in [0.3, 0.4) is 0 Å². The quantitative estimate of drug-likeness (QED) is 0.349. The Balaban J connectivity index is 1.42. The molecule has 0 aliphatic rings. The van der Waals surface area contributed by atoms with Gasteiger partial charge in [-0.3, -0.25) is 0 Å². The van der Waals surface area contributed by atoms with E-state index in [4.69, 9.17) is 5.73 Å². The van der Waals surface area contributed by atoms with Crippen LogP contribution in [0.15, 0.2) is 48.8 Å². The second-order valence-corrected chi connectivity index (χ2v) is 7.29. The normalized spacial score (nSPS) is 11.4. The fourth-order valence-corrected chi connectivity index (χ4v) is 3.69. The molecule has 2 aromatic carbocycles. The lowest BCUT2D eigenvalue weighted by Gasteiger charge is -2.11. The minimum Gasteiger partial charge on any atom is -0.368 e. The number of imidazole rings is 1. The Morgan fingerprint density at radius 1 is 1.03 bits per heavy atom. The predicted octanol–water partition coefficient (Wildman–Crippen LogP) is 4.39. The van der Waals surface area contributed by atoms with Crippen LogP contribution in [0, 0.1) is 12.7 Å². The van der Waals surface area contributed by atoms with Gasteiger partial charge in [-0.15, -0.1) is 0 Å². The van der Waals surface area contributed by atoms with Crippen molar-refractivity contribution in [2.24, 2.45) is 0 Å². The van der Waals surface area contributed by atoms with Crippen LogP contribution >= 0.6 is 0 Å². The van der Waals surface area contributed by atoms with Crippen LogP contribution in [0.1, 0.15) is 17.0 Å². The van der Waals surface area contributed by atoms with Gasteiger partial charge in [0.2, 0.25) is 5.95 Å². The molecule has 0 unspecified atom stereocenters. The number of nitrogens with one attached hydrogen (secondary N) is 3. The zero-order valence-electron chi connectivity index (χ0n) is 16.3. The number of hydrogen-bond donors (Lipinski definition) is 4. The van der Waals surface area contributed by atoms with E-state index in [1.54, 1.807) is 18.3 Å². The molecule has 0 aliphatic carbocycles. The van der Waals surface area contributed by atoms with Crippen LogP contribution in [-0.2, 0) is 12.8 Å². The van der Waals surface area contributed by atoms with E-state index in [0.717, 1.165) is 44.6 Å². The third-order valence-corrected chi connectivity index (χ3v) is 5.14. The molecule has 0 saturated heterocycles. The van der Waals surface area contributed by atoms with Crippen LogP contribution in [0.2, 0.25) is 0 Å². The van der Waals surface area contributed by atoms with Gasteiger partial charge in [0.05, 0.1) is 11.0 Å². The first-order valence-corrected chi connectivity index (χ1v) is 9.65. The number of fused-ring (bicyclic) bond motifs is 2.